The average molecular weight is 306 g/mol. The molecular weight excluding hydrogens is 274 g/mol. The lowest BCUT2D eigenvalue weighted by Gasteiger charge is -2.30. The third-order valence-corrected chi connectivity index (χ3v) is 3.93. The van der Waals surface area contributed by atoms with Gasteiger partial charge in [0, 0.05) is 31.1 Å². The van der Waals surface area contributed by atoms with Gasteiger partial charge >= 0.3 is 0 Å². The van der Waals surface area contributed by atoms with Crippen molar-refractivity contribution in [1.82, 2.24) is 15.5 Å². The molecule has 120 valence electrons. The Bertz CT molecular complexity index is 258. The summed E-state index contributed by atoms with van der Waals surface area (Å²) in [5, 5.41) is 6.38. The number of halogens is 1. The molecule has 1 rings (SSSR count). The number of nitrogens with zero attached hydrogens (tertiary/aromatic N) is 1. The van der Waals surface area contributed by atoms with Crippen molar-refractivity contribution >= 4 is 18.3 Å². The number of carbonyl (C=O) groups excluding carboxylic acids is 1. The fourth-order valence-electron chi connectivity index (χ4n) is 2.81. The van der Waals surface area contributed by atoms with Crippen LogP contribution < -0.4 is 10.6 Å². The molecule has 0 radical (unpaired) electrons. The van der Waals surface area contributed by atoms with Crippen molar-refractivity contribution < 1.29 is 4.79 Å². The number of hydrogen-bond acceptors (Lipinski definition) is 3. The second-order valence-electron chi connectivity index (χ2n) is 6.09. The summed E-state index contributed by atoms with van der Waals surface area (Å²) in [7, 11) is 0. The molecule has 1 aliphatic heterocycles. The molecule has 0 aromatic rings. The second kappa shape index (κ2) is 10.4. The molecule has 1 aliphatic rings. The van der Waals surface area contributed by atoms with Gasteiger partial charge in [-0.2, -0.15) is 0 Å². The van der Waals surface area contributed by atoms with Gasteiger partial charge in [0.2, 0.25) is 5.91 Å². The molecule has 0 aromatic heterocycles. The van der Waals surface area contributed by atoms with E-state index >= 15 is 0 Å². The first-order valence-corrected chi connectivity index (χ1v) is 7.76. The van der Waals surface area contributed by atoms with Crippen molar-refractivity contribution in [2.24, 2.45) is 5.92 Å². The molecule has 1 heterocycles. The minimum absolute atomic E-state index is 0. The predicted molar refractivity (Wildman–Crippen MR) is 87.4 cm³/mol. The fraction of sp³-hybridized carbons (Fsp3) is 0.933. The number of carbonyl (C=O) groups is 1. The Hall–Kier alpha value is -0.320. The lowest BCUT2D eigenvalue weighted by atomic mass is 9.97. The lowest BCUT2D eigenvalue weighted by Crippen LogP contribution is -2.41. The van der Waals surface area contributed by atoms with Gasteiger partial charge in [-0.25, -0.2) is 0 Å². The summed E-state index contributed by atoms with van der Waals surface area (Å²) >= 11 is 0. The number of amides is 1. The zero-order valence-corrected chi connectivity index (χ0v) is 14.3. The molecule has 0 unspecified atom stereocenters. The van der Waals surface area contributed by atoms with Crippen molar-refractivity contribution in [3.8, 4) is 0 Å². The van der Waals surface area contributed by atoms with E-state index in [-0.39, 0.29) is 24.2 Å². The van der Waals surface area contributed by atoms with Crippen molar-refractivity contribution in [3.05, 3.63) is 0 Å². The van der Waals surface area contributed by atoms with E-state index in [4.69, 9.17) is 0 Å². The minimum Gasteiger partial charge on any atom is -0.356 e. The Balaban J connectivity index is 0.00000361. The van der Waals surface area contributed by atoms with Gasteiger partial charge in [-0.15, -0.1) is 12.4 Å². The molecule has 0 spiro atoms. The van der Waals surface area contributed by atoms with Crippen molar-refractivity contribution in [2.75, 3.05) is 26.2 Å². The standard InChI is InChI=1S/C15H31N3O.ClH/c1-12(2)18(13(3)4)11-5-8-17-15(19)14-6-9-16-10-7-14;/h12-14,16H,5-11H2,1-4H3,(H,17,19);1H. The molecule has 0 saturated carbocycles. The Morgan fingerprint density at radius 1 is 1.20 bits per heavy atom. The van der Waals surface area contributed by atoms with Crippen LogP contribution >= 0.6 is 12.4 Å². The maximum Gasteiger partial charge on any atom is 0.223 e. The first kappa shape index (κ1) is 19.7. The van der Waals surface area contributed by atoms with Gasteiger partial charge in [0.25, 0.3) is 0 Å². The molecule has 1 saturated heterocycles. The molecule has 5 heteroatoms. The Morgan fingerprint density at radius 3 is 2.25 bits per heavy atom. The molecule has 1 amide bonds. The van der Waals surface area contributed by atoms with E-state index in [0.717, 1.165) is 45.4 Å². The fourth-order valence-corrected chi connectivity index (χ4v) is 2.81. The van der Waals surface area contributed by atoms with Crippen LogP contribution in [0.25, 0.3) is 0 Å². The number of hydrogen-bond donors (Lipinski definition) is 2. The highest BCUT2D eigenvalue weighted by Gasteiger charge is 2.20. The van der Waals surface area contributed by atoms with E-state index in [0.29, 0.717) is 12.1 Å². The second-order valence-corrected chi connectivity index (χ2v) is 6.09. The largest absolute Gasteiger partial charge is 0.356 e. The van der Waals surface area contributed by atoms with Crippen LogP contribution in [0.1, 0.15) is 47.0 Å². The first-order chi connectivity index (χ1) is 9.02. The molecule has 0 aliphatic carbocycles. The van der Waals surface area contributed by atoms with Crippen molar-refractivity contribution in [1.29, 1.82) is 0 Å². The Kier molecular flexibility index (Phi) is 10.2. The van der Waals surface area contributed by atoms with Gasteiger partial charge in [0.15, 0.2) is 0 Å². The van der Waals surface area contributed by atoms with Crippen LogP contribution in [0.15, 0.2) is 0 Å². The topological polar surface area (TPSA) is 44.4 Å². The molecule has 0 bridgehead atoms. The maximum atomic E-state index is 12.0. The monoisotopic (exact) mass is 305 g/mol. The van der Waals surface area contributed by atoms with E-state index in [1.807, 2.05) is 0 Å². The summed E-state index contributed by atoms with van der Waals surface area (Å²) in [5.74, 6) is 0.481. The number of nitrogens with one attached hydrogen (secondary N) is 2. The average Bonchev–Trinajstić information content (AvgIpc) is 2.38. The summed E-state index contributed by atoms with van der Waals surface area (Å²) in [6.07, 6.45) is 3.00. The predicted octanol–water partition coefficient (Wildman–Crippen LogP) is 2.03. The summed E-state index contributed by atoms with van der Waals surface area (Å²) in [6, 6.07) is 1.14. The van der Waals surface area contributed by atoms with E-state index in [1.165, 1.54) is 0 Å². The zero-order chi connectivity index (χ0) is 14.3. The van der Waals surface area contributed by atoms with Gasteiger partial charge in [0.05, 0.1) is 0 Å². The number of rotatable bonds is 7. The van der Waals surface area contributed by atoms with Gasteiger partial charge in [-0.3, -0.25) is 9.69 Å². The van der Waals surface area contributed by atoms with Crippen LogP contribution in [-0.4, -0.2) is 49.1 Å². The quantitative estimate of drug-likeness (QED) is 0.708. The maximum absolute atomic E-state index is 12.0. The van der Waals surface area contributed by atoms with Gasteiger partial charge < -0.3 is 10.6 Å². The van der Waals surface area contributed by atoms with E-state index in [2.05, 4.69) is 43.2 Å². The van der Waals surface area contributed by atoms with E-state index in [9.17, 15) is 4.79 Å². The summed E-state index contributed by atoms with van der Waals surface area (Å²) < 4.78 is 0. The minimum atomic E-state index is 0. The normalized spacial score (nSPS) is 16.6. The molecule has 2 N–H and O–H groups in total. The van der Waals surface area contributed by atoms with Crippen molar-refractivity contribution in [3.63, 3.8) is 0 Å². The van der Waals surface area contributed by atoms with Crippen LogP contribution in [-0.2, 0) is 4.79 Å². The zero-order valence-electron chi connectivity index (χ0n) is 13.4. The van der Waals surface area contributed by atoms with Crippen LogP contribution in [0.2, 0.25) is 0 Å². The Labute approximate surface area is 130 Å². The van der Waals surface area contributed by atoms with Crippen LogP contribution in [0.5, 0.6) is 0 Å². The molecule has 20 heavy (non-hydrogen) atoms. The smallest absolute Gasteiger partial charge is 0.223 e. The van der Waals surface area contributed by atoms with E-state index in [1.54, 1.807) is 0 Å². The third-order valence-electron chi connectivity index (χ3n) is 3.93. The SMILES string of the molecule is CC(C)N(CCCNC(=O)C1CCNCC1)C(C)C.Cl. The highest BCUT2D eigenvalue weighted by Crippen LogP contribution is 2.11. The van der Waals surface area contributed by atoms with Crippen LogP contribution in [0.4, 0.5) is 0 Å². The molecule has 0 atom stereocenters. The van der Waals surface area contributed by atoms with Gasteiger partial charge in [-0.1, -0.05) is 0 Å². The van der Waals surface area contributed by atoms with Crippen LogP contribution in [0, 0.1) is 5.92 Å². The lowest BCUT2D eigenvalue weighted by molar-refractivity contribution is -0.125. The van der Waals surface area contributed by atoms with E-state index < -0.39 is 0 Å². The Morgan fingerprint density at radius 2 is 1.75 bits per heavy atom. The first-order valence-electron chi connectivity index (χ1n) is 7.76. The molecule has 1 fully saturated rings. The van der Waals surface area contributed by atoms with Crippen molar-refractivity contribution in [2.45, 2.75) is 59.0 Å². The van der Waals surface area contributed by atoms with Gasteiger partial charge in [-0.05, 0) is 60.0 Å². The highest BCUT2D eigenvalue weighted by molar-refractivity contribution is 5.85. The third kappa shape index (κ3) is 6.91. The molecule has 4 nitrogen and oxygen atoms in total. The number of piperidine rings is 1. The summed E-state index contributed by atoms with van der Waals surface area (Å²) in [6.45, 7) is 12.7. The van der Waals surface area contributed by atoms with Gasteiger partial charge in [0.1, 0.15) is 0 Å². The summed E-state index contributed by atoms with van der Waals surface area (Å²) in [4.78, 5) is 14.4. The summed E-state index contributed by atoms with van der Waals surface area (Å²) in [5.41, 5.74) is 0. The molecule has 0 aromatic carbocycles. The highest BCUT2D eigenvalue weighted by atomic mass is 35.5. The molecular formula is C15H32ClN3O. The van der Waals surface area contributed by atoms with Crippen LogP contribution in [0.3, 0.4) is 0 Å².